The van der Waals surface area contributed by atoms with Crippen molar-refractivity contribution in [3.8, 4) is 5.88 Å². The second-order valence-electron chi connectivity index (χ2n) is 9.88. The highest BCUT2D eigenvalue weighted by atomic mass is 35.5. The first-order valence-electron chi connectivity index (χ1n) is 13.3. The van der Waals surface area contributed by atoms with Crippen molar-refractivity contribution in [2.24, 2.45) is 10.2 Å². The van der Waals surface area contributed by atoms with Crippen LogP contribution in [0.5, 0.6) is 5.88 Å². The molecule has 0 spiro atoms. The third-order valence-electron chi connectivity index (χ3n) is 6.73. The van der Waals surface area contributed by atoms with Gasteiger partial charge in [-0.2, -0.15) is 0 Å². The molecular weight excluding hydrogens is 569 g/mol. The first-order chi connectivity index (χ1) is 20.7. The zero-order chi connectivity index (χ0) is 30.5. The number of aromatic hydroxyl groups is 1. The van der Waals surface area contributed by atoms with E-state index in [1.165, 1.54) is 24.3 Å². The molecule has 0 radical (unpaired) electrons. The number of hydrogen-bond acceptors (Lipinski definition) is 5. The predicted octanol–water partition coefficient (Wildman–Crippen LogP) is 7.34. The van der Waals surface area contributed by atoms with Gasteiger partial charge in [0, 0.05) is 35.8 Å². The fourth-order valence-electron chi connectivity index (χ4n) is 4.49. The van der Waals surface area contributed by atoms with Crippen molar-refractivity contribution < 1.29 is 19.1 Å². The molecule has 5 rings (SSSR count). The minimum atomic E-state index is -0.872. The smallest absolute Gasteiger partial charge is 0.311 e. The number of rotatable bonds is 8. The average molecular weight is 596 g/mol. The largest absolute Gasteiger partial charge is 0.493 e. The van der Waals surface area contributed by atoms with Gasteiger partial charge in [-0.05, 0) is 59.7 Å². The van der Waals surface area contributed by atoms with Crippen molar-refractivity contribution in [3.63, 3.8) is 0 Å². The van der Waals surface area contributed by atoms with Crippen molar-refractivity contribution in [1.29, 1.82) is 0 Å². The Bertz CT molecular complexity index is 1880. The molecule has 8 nitrogen and oxygen atoms in total. The number of carbonyl (C=O) groups is 2. The molecule has 0 aliphatic heterocycles. The Kier molecular flexibility index (Phi) is 8.64. The Morgan fingerprint density at radius 1 is 0.977 bits per heavy atom. The van der Waals surface area contributed by atoms with Gasteiger partial charge in [0.2, 0.25) is 5.88 Å². The Morgan fingerprint density at radius 3 is 2.42 bits per heavy atom. The Hall–Kier alpha value is -5.28. The minimum Gasteiger partial charge on any atom is -0.493 e. The second-order valence-corrected chi connectivity index (χ2v) is 10.3. The maximum Gasteiger partial charge on any atom is 0.311 e. The number of nitrogens with zero attached hydrogens (tertiary/aromatic N) is 4. The molecule has 0 bridgehead atoms. The summed E-state index contributed by atoms with van der Waals surface area (Å²) in [7, 11) is 3.81. The number of amides is 2. The highest BCUT2D eigenvalue weighted by Crippen LogP contribution is 2.39. The van der Waals surface area contributed by atoms with Gasteiger partial charge in [-0.3, -0.25) is 9.59 Å². The number of azo groups is 1. The molecule has 0 atom stereocenters. The molecule has 1 heterocycles. The number of carbonyl (C=O) groups excluding carboxylic acids is 2. The van der Waals surface area contributed by atoms with Crippen LogP contribution in [0.3, 0.4) is 0 Å². The fraction of sp³-hybridized carbons (Fsp3) is 0.0909. The summed E-state index contributed by atoms with van der Waals surface area (Å²) in [4.78, 5) is 28.3. The number of aromatic nitrogens is 1. The minimum absolute atomic E-state index is 0.0267. The van der Waals surface area contributed by atoms with E-state index in [0.29, 0.717) is 21.5 Å². The Balaban J connectivity index is 1.50. The van der Waals surface area contributed by atoms with Gasteiger partial charge in [-0.25, -0.2) is 4.39 Å². The molecule has 216 valence electrons. The van der Waals surface area contributed by atoms with E-state index in [1.54, 1.807) is 34.9 Å². The van der Waals surface area contributed by atoms with Gasteiger partial charge in [-0.1, -0.05) is 66.2 Å². The van der Waals surface area contributed by atoms with Crippen LogP contribution in [0.2, 0.25) is 5.02 Å². The summed E-state index contributed by atoms with van der Waals surface area (Å²) in [6.45, 7) is 0.257. The van der Waals surface area contributed by atoms with Crippen molar-refractivity contribution in [2.75, 3.05) is 19.0 Å². The van der Waals surface area contributed by atoms with E-state index in [4.69, 9.17) is 11.6 Å². The number of benzene rings is 4. The fourth-order valence-corrected chi connectivity index (χ4v) is 4.68. The van der Waals surface area contributed by atoms with Crippen LogP contribution in [0.1, 0.15) is 21.5 Å². The van der Waals surface area contributed by atoms with Crippen molar-refractivity contribution >= 4 is 51.8 Å². The van der Waals surface area contributed by atoms with Crippen molar-refractivity contribution in [3.05, 3.63) is 130 Å². The van der Waals surface area contributed by atoms with E-state index < -0.39 is 17.6 Å². The topological polar surface area (TPSA) is 99.3 Å². The van der Waals surface area contributed by atoms with E-state index in [9.17, 15) is 19.1 Å². The van der Waals surface area contributed by atoms with Gasteiger partial charge in [0.1, 0.15) is 11.5 Å². The van der Waals surface area contributed by atoms with E-state index >= 15 is 0 Å². The lowest BCUT2D eigenvalue weighted by Crippen LogP contribution is -2.26. The van der Waals surface area contributed by atoms with Gasteiger partial charge in [0.05, 0.1) is 12.1 Å². The predicted molar refractivity (Wildman–Crippen MR) is 166 cm³/mol. The molecule has 0 unspecified atom stereocenters. The highest BCUT2D eigenvalue weighted by Gasteiger charge is 2.19. The SMILES string of the molecule is CN(C)c1ccc(/C=C(/NC(=O)c2cccc(F)c2)C(=O)N=Nc2c(O)n(Cc3ccccc3Cl)c3ccccc23)cc1. The van der Waals surface area contributed by atoms with Gasteiger partial charge < -0.3 is 19.9 Å². The molecule has 4 aromatic carbocycles. The summed E-state index contributed by atoms with van der Waals surface area (Å²) in [6, 6.07) is 26.8. The van der Waals surface area contributed by atoms with Crippen molar-refractivity contribution in [1.82, 2.24) is 9.88 Å². The number of anilines is 1. The standard InChI is InChI=1S/C33H27ClFN5O3/c1-39(2)25-16-14-21(15-17-25)18-28(36-31(41)22-9-7-10-24(35)19-22)32(42)38-37-30-26-11-4-6-13-29(26)40(33(30)43)20-23-8-3-5-12-27(23)34/h3-19,43H,20H2,1-2H3,(H,36,41)/b28-18+,38-37?. The lowest BCUT2D eigenvalue weighted by Gasteiger charge is -2.12. The third-order valence-corrected chi connectivity index (χ3v) is 7.10. The van der Waals surface area contributed by atoms with Crippen LogP contribution in [0.25, 0.3) is 17.0 Å². The van der Waals surface area contributed by atoms with Crippen LogP contribution in [0, 0.1) is 5.82 Å². The number of fused-ring (bicyclic) bond motifs is 1. The molecule has 1 aromatic heterocycles. The van der Waals surface area contributed by atoms with Crippen LogP contribution in [0.15, 0.2) is 113 Å². The summed E-state index contributed by atoms with van der Waals surface area (Å²) in [5, 5.41) is 22.8. The Morgan fingerprint density at radius 2 is 1.70 bits per heavy atom. The number of hydrogen-bond donors (Lipinski definition) is 2. The quantitative estimate of drug-likeness (QED) is 0.145. The van der Waals surface area contributed by atoms with E-state index in [0.717, 1.165) is 17.3 Å². The monoisotopic (exact) mass is 595 g/mol. The van der Waals surface area contributed by atoms with E-state index in [2.05, 4.69) is 15.5 Å². The molecule has 0 saturated carbocycles. The van der Waals surface area contributed by atoms with Crippen LogP contribution in [-0.4, -0.2) is 35.6 Å². The molecule has 2 N–H and O–H groups in total. The molecule has 43 heavy (non-hydrogen) atoms. The summed E-state index contributed by atoms with van der Waals surface area (Å²) in [6.07, 6.45) is 1.46. The molecule has 0 saturated heterocycles. The summed E-state index contributed by atoms with van der Waals surface area (Å²) >= 11 is 6.36. The molecule has 0 aliphatic rings. The van der Waals surface area contributed by atoms with Gasteiger partial charge in [0.25, 0.3) is 5.91 Å². The highest BCUT2D eigenvalue weighted by molar-refractivity contribution is 6.31. The van der Waals surface area contributed by atoms with Gasteiger partial charge in [0.15, 0.2) is 5.69 Å². The summed E-state index contributed by atoms with van der Waals surface area (Å²) in [5.74, 6) is -2.36. The maximum atomic E-state index is 13.8. The second kappa shape index (κ2) is 12.7. The lowest BCUT2D eigenvalue weighted by atomic mass is 10.1. The summed E-state index contributed by atoms with van der Waals surface area (Å²) in [5.41, 5.74) is 2.93. The van der Waals surface area contributed by atoms with E-state index in [-0.39, 0.29) is 29.4 Å². The number of nitrogens with one attached hydrogen (secondary N) is 1. The molecule has 0 aliphatic carbocycles. The maximum absolute atomic E-state index is 13.8. The molecule has 0 fully saturated rings. The average Bonchev–Trinajstić information content (AvgIpc) is 3.26. The number of para-hydroxylation sites is 1. The number of halogens is 2. The van der Waals surface area contributed by atoms with Crippen LogP contribution < -0.4 is 10.2 Å². The zero-order valence-electron chi connectivity index (χ0n) is 23.3. The lowest BCUT2D eigenvalue weighted by molar-refractivity contribution is -0.115. The van der Waals surface area contributed by atoms with Crippen molar-refractivity contribution in [2.45, 2.75) is 6.54 Å². The first-order valence-corrected chi connectivity index (χ1v) is 13.6. The van der Waals surface area contributed by atoms with Crippen LogP contribution >= 0.6 is 11.6 Å². The molecular formula is C33H27ClFN5O3. The molecule has 5 aromatic rings. The first kappa shape index (κ1) is 29.2. The van der Waals surface area contributed by atoms with Crippen LogP contribution in [-0.2, 0) is 11.3 Å². The summed E-state index contributed by atoms with van der Waals surface area (Å²) < 4.78 is 15.4. The van der Waals surface area contributed by atoms with Crippen LogP contribution in [0.4, 0.5) is 15.8 Å². The molecule has 10 heteroatoms. The van der Waals surface area contributed by atoms with E-state index in [1.807, 2.05) is 61.5 Å². The third kappa shape index (κ3) is 6.63. The Labute approximate surface area is 252 Å². The normalized spacial score (nSPS) is 11.7. The molecule has 2 amide bonds. The zero-order valence-corrected chi connectivity index (χ0v) is 24.1. The van der Waals surface area contributed by atoms with Gasteiger partial charge in [-0.15, -0.1) is 10.2 Å². The van der Waals surface area contributed by atoms with Gasteiger partial charge >= 0.3 is 5.91 Å².